The quantitative estimate of drug-likeness (QED) is 0.128. The number of hydrogen-bond acceptors (Lipinski definition) is 5. The first-order valence-electron chi connectivity index (χ1n) is 12.4. The molecular formula is C31H28Br2N2O4. The van der Waals surface area contributed by atoms with Gasteiger partial charge in [0.05, 0.1) is 28.2 Å². The predicted octanol–water partition coefficient (Wildman–Crippen LogP) is 7.46. The van der Waals surface area contributed by atoms with Gasteiger partial charge in [0.25, 0.3) is 0 Å². The highest BCUT2D eigenvalue weighted by Crippen LogP contribution is 2.36. The van der Waals surface area contributed by atoms with Gasteiger partial charge in [-0.2, -0.15) is 5.10 Å². The number of hydrazone groups is 1. The molecule has 0 aliphatic heterocycles. The van der Waals surface area contributed by atoms with Crippen molar-refractivity contribution < 1.29 is 19.0 Å². The average molecular weight is 652 g/mol. The molecule has 200 valence electrons. The van der Waals surface area contributed by atoms with E-state index >= 15 is 0 Å². The molecule has 0 bridgehead atoms. The zero-order chi connectivity index (χ0) is 27.5. The SMILES string of the molecule is CCOc1cc(COc2c(Br)cc(/C=N/NC(=O)Cc3ccccc3)cc2Br)ccc1OCc1ccccc1. The van der Waals surface area contributed by atoms with Gasteiger partial charge in [-0.1, -0.05) is 66.7 Å². The number of halogens is 2. The van der Waals surface area contributed by atoms with E-state index in [1.165, 1.54) is 0 Å². The van der Waals surface area contributed by atoms with Gasteiger partial charge in [0.1, 0.15) is 19.0 Å². The standard InChI is InChI=1S/C31H28Br2N2O4/c1-2-37-29-17-24(13-14-28(29)38-20-23-11-7-4-8-12-23)21-39-31-26(32)15-25(16-27(31)33)19-34-35-30(36)18-22-9-5-3-6-10-22/h3-17,19H,2,18,20-21H2,1H3,(H,35,36)/b34-19+. The van der Waals surface area contributed by atoms with E-state index in [0.29, 0.717) is 37.1 Å². The zero-order valence-corrected chi connectivity index (χ0v) is 24.6. The van der Waals surface area contributed by atoms with Crippen LogP contribution in [0.1, 0.15) is 29.2 Å². The Morgan fingerprint density at radius 1 is 0.769 bits per heavy atom. The summed E-state index contributed by atoms with van der Waals surface area (Å²) in [6.07, 6.45) is 1.86. The third kappa shape index (κ3) is 8.70. The van der Waals surface area contributed by atoms with E-state index < -0.39 is 0 Å². The molecule has 6 nitrogen and oxygen atoms in total. The highest BCUT2D eigenvalue weighted by Gasteiger charge is 2.12. The number of hydrogen-bond donors (Lipinski definition) is 1. The van der Waals surface area contributed by atoms with Gasteiger partial charge in [-0.15, -0.1) is 0 Å². The molecule has 0 spiro atoms. The van der Waals surface area contributed by atoms with Gasteiger partial charge in [0, 0.05) is 0 Å². The van der Waals surface area contributed by atoms with Gasteiger partial charge in [0.15, 0.2) is 11.5 Å². The fourth-order valence-corrected chi connectivity index (χ4v) is 5.16. The molecule has 0 atom stereocenters. The van der Waals surface area contributed by atoms with E-state index in [4.69, 9.17) is 14.2 Å². The third-order valence-electron chi connectivity index (χ3n) is 5.56. The largest absolute Gasteiger partial charge is 0.490 e. The van der Waals surface area contributed by atoms with Crippen molar-refractivity contribution in [3.8, 4) is 17.2 Å². The second kappa shape index (κ2) is 14.5. The van der Waals surface area contributed by atoms with Crippen molar-refractivity contribution in [2.75, 3.05) is 6.61 Å². The lowest BCUT2D eigenvalue weighted by Gasteiger charge is -2.15. The van der Waals surface area contributed by atoms with Crippen molar-refractivity contribution in [2.45, 2.75) is 26.6 Å². The summed E-state index contributed by atoms with van der Waals surface area (Å²) in [6, 6.07) is 29.1. The van der Waals surface area contributed by atoms with Crippen LogP contribution in [-0.2, 0) is 24.4 Å². The molecule has 4 rings (SSSR count). The van der Waals surface area contributed by atoms with E-state index in [9.17, 15) is 4.79 Å². The number of carbonyl (C=O) groups excluding carboxylic acids is 1. The summed E-state index contributed by atoms with van der Waals surface area (Å²) in [7, 11) is 0. The van der Waals surface area contributed by atoms with Gasteiger partial charge in [-0.25, -0.2) is 5.43 Å². The van der Waals surface area contributed by atoms with Crippen LogP contribution in [0.5, 0.6) is 17.2 Å². The second-order valence-corrected chi connectivity index (χ2v) is 10.3. The van der Waals surface area contributed by atoms with Gasteiger partial charge >= 0.3 is 0 Å². The number of carbonyl (C=O) groups is 1. The molecule has 4 aromatic carbocycles. The lowest BCUT2D eigenvalue weighted by atomic mass is 10.1. The molecular weight excluding hydrogens is 624 g/mol. The van der Waals surface area contributed by atoms with E-state index in [2.05, 4.69) is 42.4 Å². The van der Waals surface area contributed by atoms with Gasteiger partial charge in [-0.05, 0) is 85.3 Å². The molecule has 0 unspecified atom stereocenters. The maximum Gasteiger partial charge on any atom is 0.244 e. The number of amides is 1. The zero-order valence-electron chi connectivity index (χ0n) is 21.4. The van der Waals surface area contributed by atoms with E-state index in [1.807, 2.05) is 97.9 Å². The summed E-state index contributed by atoms with van der Waals surface area (Å²) in [4.78, 5) is 12.1. The molecule has 1 amide bonds. The minimum atomic E-state index is -0.182. The van der Waals surface area contributed by atoms with Crippen molar-refractivity contribution in [3.05, 3.63) is 122 Å². The predicted molar refractivity (Wildman–Crippen MR) is 160 cm³/mol. The topological polar surface area (TPSA) is 69.2 Å². The Hall–Kier alpha value is -3.62. The monoisotopic (exact) mass is 650 g/mol. The fraction of sp³-hybridized carbons (Fsp3) is 0.161. The van der Waals surface area contributed by atoms with Crippen LogP contribution in [-0.4, -0.2) is 18.7 Å². The first-order chi connectivity index (χ1) is 19.0. The molecule has 0 saturated heterocycles. The minimum absolute atomic E-state index is 0.182. The third-order valence-corrected chi connectivity index (χ3v) is 6.74. The van der Waals surface area contributed by atoms with Crippen molar-refractivity contribution in [2.24, 2.45) is 5.10 Å². The van der Waals surface area contributed by atoms with Crippen LogP contribution in [0.15, 0.2) is 105 Å². The fourth-order valence-electron chi connectivity index (χ4n) is 3.71. The maximum absolute atomic E-state index is 12.1. The van der Waals surface area contributed by atoms with E-state index in [1.54, 1.807) is 6.21 Å². The molecule has 0 aromatic heterocycles. The summed E-state index contributed by atoms with van der Waals surface area (Å²) < 4.78 is 19.4. The van der Waals surface area contributed by atoms with E-state index in [0.717, 1.165) is 31.2 Å². The smallest absolute Gasteiger partial charge is 0.244 e. The first-order valence-corrected chi connectivity index (χ1v) is 14.0. The molecule has 39 heavy (non-hydrogen) atoms. The summed E-state index contributed by atoms with van der Waals surface area (Å²) >= 11 is 7.16. The molecule has 0 radical (unpaired) electrons. The minimum Gasteiger partial charge on any atom is -0.490 e. The number of nitrogens with zero attached hydrogens (tertiary/aromatic N) is 1. The molecule has 0 fully saturated rings. The number of rotatable bonds is 12. The van der Waals surface area contributed by atoms with Crippen LogP contribution in [0.25, 0.3) is 0 Å². The molecule has 1 N–H and O–H groups in total. The van der Waals surface area contributed by atoms with Crippen LogP contribution < -0.4 is 19.6 Å². The number of ether oxygens (including phenoxy) is 3. The summed E-state index contributed by atoms with van der Waals surface area (Å²) in [5.41, 5.74) is 6.32. The average Bonchev–Trinajstić information content (AvgIpc) is 2.93. The summed E-state index contributed by atoms with van der Waals surface area (Å²) in [6.45, 7) is 3.26. The Labute approximate surface area is 245 Å². The Kier molecular flexibility index (Phi) is 10.6. The summed E-state index contributed by atoms with van der Waals surface area (Å²) in [5, 5.41) is 4.08. The Morgan fingerprint density at radius 3 is 2.08 bits per heavy atom. The van der Waals surface area contributed by atoms with E-state index in [-0.39, 0.29) is 12.3 Å². The van der Waals surface area contributed by atoms with Gasteiger partial charge < -0.3 is 14.2 Å². The van der Waals surface area contributed by atoms with Gasteiger partial charge in [-0.3, -0.25) is 4.79 Å². The maximum atomic E-state index is 12.1. The normalized spacial score (nSPS) is 10.8. The molecule has 0 saturated carbocycles. The first kappa shape index (κ1) is 28.4. The second-order valence-electron chi connectivity index (χ2n) is 8.55. The van der Waals surface area contributed by atoms with Crippen LogP contribution >= 0.6 is 31.9 Å². The lowest BCUT2D eigenvalue weighted by molar-refractivity contribution is -0.120. The molecule has 0 heterocycles. The number of benzene rings is 4. The van der Waals surface area contributed by atoms with Crippen molar-refractivity contribution in [3.63, 3.8) is 0 Å². The van der Waals surface area contributed by atoms with Crippen LogP contribution in [0, 0.1) is 0 Å². The Balaban J connectivity index is 1.35. The van der Waals surface area contributed by atoms with Crippen molar-refractivity contribution in [1.82, 2.24) is 5.43 Å². The number of nitrogens with one attached hydrogen (secondary N) is 1. The lowest BCUT2D eigenvalue weighted by Crippen LogP contribution is -2.19. The Morgan fingerprint density at radius 2 is 1.41 bits per heavy atom. The molecule has 0 aliphatic carbocycles. The van der Waals surface area contributed by atoms with Gasteiger partial charge in [0.2, 0.25) is 5.91 Å². The van der Waals surface area contributed by atoms with Crippen LogP contribution in [0.2, 0.25) is 0 Å². The molecule has 4 aromatic rings. The van der Waals surface area contributed by atoms with Crippen LogP contribution in [0.4, 0.5) is 0 Å². The Bertz CT molecular complexity index is 1390. The highest BCUT2D eigenvalue weighted by molar-refractivity contribution is 9.11. The van der Waals surface area contributed by atoms with Crippen LogP contribution in [0.3, 0.4) is 0 Å². The highest BCUT2D eigenvalue weighted by atomic mass is 79.9. The summed E-state index contributed by atoms with van der Waals surface area (Å²) in [5.74, 6) is 1.83. The van der Waals surface area contributed by atoms with Crippen molar-refractivity contribution >= 4 is 44.0 Å². The van der Waals surface area contributed by atoms with Crippen molar-refractivity contribution in [1.29, 1.82) is 0 Å². The molecule has 8 heteroatoms. The molecule has 0 aliphatic rings.